The molecule has 7 nitrogen and oxygen atoms in total. The van der Waals surface area contributed by atoms with E-state index in [1.807, 2.05) is 30.0 Å². The summed E-state index contributed by atoms with van der Waals surface area (Å²) in [6.45, 7) is 2.92. The van der Waals surface area contributed by atoms with Crippen molar-refractivity contribution < 1.29 is 9.53 Å². The fraction of sp³-hybridized carbons (Fsp3) is 0.263. The van der Waals surface area contributed by atoms with Gasteiger partial charge in [-0.1, -0.05) is 6.07 Å². The van der Waals surface area contributed by atoms with Crippen LogP contribution in [-0.4, -0.2) is 43.2 Å². The van der Waals surface area contributed by atoms with E-state index in [2.05, 4.69) is 15.1 Å². The van der Waals surface area contributed by atoms with Crippen LogP contribution < -0.4 is 4.74 Å². The second-order valence-electron chi connectivity index (χ2n) is 6.45. The van der Waals surface area contributed by atoms with Gasteiger partial charge >= 0.3 is 0 Å². The lowest BCUT2D eigenvalue weighted by atomic mass is 10.0. The molecule has 3 heterocycles. The third-order valence-corrected chi connectivity index (χ3v) is 4.52. The molecule has 0 saturated heterocycles. The van der Waals surface area contributed by atoms with E-state index in [0.717, 1.165) is 22.4 Å². The molecule has 1 aliphatic heterocycles. The number of rotatable bonds is 2. The highest BCUT2D eigenvalue weighted by atomic mass is 16.5. The molecule has 7 heteroatoms. The highest BCUT2D eigenvalue weighted by Crippen LogP contribution is 2.30. The summed E-state index contributed by atoms with van der Waals surface area (Å²) in [5, 5.41) is 4.10. The van der Waals surface area contributed by atoms with Crippen molar-refractivity contribution in [3.8, 4) is 16.9 Å². The molecule has 0 radical (unpaired) electrons. The molecule has 0 bridgehead atoms. The van der Waals surface area contributed by atoms with E-state index in [1.54, 1.807) is 36.5 Å². The minimum absolute atomic E-state index is 0.0429. The van der Waals surface area contributed by atoms with Gasteiger partial charge in [-0.05, 0) is 24.6 Å². The predicted molar refractivity (Wildman–Crippen MR) is 95.5 cm³/mol. The minimum atomic E-state index is -0.0458. The number of carbonyl (C=O) groups is 1. The second kappa shape index (κ2) is 6.59. The summed E-state index contributed by atoms with van der Waals surface area (Å²) in [4.78, 5) is 22.9. The average Bonchev–Trinajstić information content (AvgIpc) is 3.03. The topological polar surface area (TPSA) is 73.1 Å². The lowest BCUT2D eigenvalue weighted by molar-refractivity contribution is 0.0645. The molecule has 0 N–H and O–H groups in total. The molecule has 132 valence electrons. The van der Waals surface area contributed by atoms with Gasteiger partial charge in [0.25, 0.3) is 5.91 Å². The van der Waals surface area contributed by atoms with Crippen molar-refractivity contribution in [2.24, 2.45) is 7.05 Å². The number of carbonyl (C=O) groups excluding carboxylic acids is 1. The number of aromatic nitrogens is 4. The fourth-order valence-corrected chi connectivity index (χ4v) is 3.08. The maximum Gasteiger partial charge on any atom is 0.257 e. The maximum absolute atomic E-state index is 12.9. The molecule has 0 unspecified atom stereocenters. The van der Waals surface area contributed by atoms with Gasteiger partial charge in [-0.2, -0.15) is 5.10 Å². The molecule has 3 aromatic rings. The molecule has 1 aliphatic rings. The van der Waals surface area contributed by atoms with Gasteiger partial charge in [-0.25, -0.2) is 9.97 Å². The van der Waals surface area contributed by atoms with Crippen LogP contribution >= 0.6 is 0 Å². The van der Waals surface area contributed by atoms with Crippen LogP contribution in [0.1, 0.15) is 22.8 Å². The number of hydrogen-bond acceptors (Lipinski definition) is 5. The zero-order chi connectivity index (χ0) is 18.1. The molecule has 0 fully saturated rings. The van der Waals surface area contributed by atoms with E-state index in [9.17, 15) is 4.79 Å². The third-order valence-electron chi connectivity index (χ3n) is 4.52. The molecule has 4 rings (SSSR count). The van der Waals surface area contributed by atoms with E-state index in [1.165, 1.54) is 6.33 Å². The molecule has 1 atom stereocenters. The van der Waals surface area contributed by atoms with Crippen molar-refractivity contribution in [1.82, 2.24) is 24.6 Å². The number of fused-ring (bicyclic) bond motifs is 1. The Bertz CT molecular complexity index is 938. The Morgan fingerprint density at radius 3 is 2.73 bits per heavy atom. The molecule has 26 heavy (non-hydrogen) atoms. The largest absolute Gasteiger partial charge is 0.491 e. The number of aryl methyl sites for hydroxylation is 1. The normalized spacial score (nSPS) is 16.5. The van der Waals surface area contributed by atoms with Crippen molar-refractivity contribution in [3.63, 3.8) is 0 Å². The van der Waals surface area contributed by atoms with Crippen LogP contribution in [0.5, 0.6) is 5.75 Å². The average molecular weight is 349 g/mol. The third kappa shape index (κ3) is 3.03. The van der Waals surface area contributed by atoms with Gasteiger partial charge in [-0.15, -0.1) is 0 Å². The minimum Gasteiger partial charge on any atom is -0.491 e. The fourth-order valence-electron chi connectivity index (χ4n) is 3.08. The molecule has 0 saturated carbocycles. The number of ether oxygens (including phenoxy) is 1. The quantitative estimate of drug-likeness (QED) is 0.710. The number of hydrogen-bond donors (Lipinski definition) is 0. The summed E-state index contributed by atoms with van der Waals surface area (Å²) in [6.07, 6.45) is 8.38. The lowest BCUT2D eigenvalue weighted by Gasteiger charge is -2.25. The SMILES string of the molecule is C[C@@H]1COc2ccc(-c3cncnc3)cc2CN1C(=O)c1cnn(C)c1. The summed E-state index contributed by atoms with van der Waals surface area (Å²) >= 11 is 0. The van der Waals surface area contributed by atoms with Gasteiger partial charge in [0.1, 0.15) is 18.7 Å². The molecular formula is C19H19N5O2. The van der Waals surface area contributed by atoms with Crippen molar-refractivity contribution in [1.29, 1.82) is 0 Å². The molecule has 0 spiro atoms. The summed E-state index contributed by atoms with van der Waals surface area (Å²) in [7, 11) is 1.80. The van der Waals surface area contributed by atoms with Crippen LogP contribution in [0.15, 0.2) is 49.3 Å². The van der Waals surface area contributed by atoms with E-state index < -0.39 is 0 Å². The monoisotopic (exact) mass is 349 g/mol. The molecule has 0 aliphatic carbocycles. The van der Waals surface area contributed by atoms with Crippen LogP contribution in [0.25, 0.3) is 11.1 Å². The Morgan fingerprint density at radius 2 is 2.00 bits per heavy atom. The van der Waals surface area contributed by atoms with Crippen molar-refractivity contribution >= 4 is 5.91 Å². The Morgan fingerprint density at radius 1 is 1.19 bits per heavy atom. The van der Waals surface area contributed by atoms with Crippen LogP contribution in [0, 0.1) is 0 Å². The zero-order valence-corrected chi connectivity index (χ0v) is 14.7. The van der Waals surface area contributed by atoms with Gasteiger partial charge < -0.3 is 9.64 Å². The standard InChI is InChI=1S/C19H19N5O2/c1-13-11-26-18-4-3-14(16-6-20-12-21-7-16)5-15(18)10-24(13)19(25)17-8-22-23(2)9-17/h3-9,12-13H,10-11H2,1-2H3/t13-/m1/s1. The lowest BCUT2D eigenvalue weighted by Crippen LogP contribution is -2.39. The van der Waals surface area contributed by atoms with Gasteiger partial charge in [0.15, 0.2) is 0 Å². The second-order valence-corrected chi connectivity index (χ2v) is 6.45. The van der Waals surface area contributed by atoms with Gasteiger partial charge in [0.2, 0.25) is 0 Å². The highest BCUT2D eigenvalue weighted by Gasteiger charge is 2.27. The number of benzene rings is 1. The van der Waals surface area contributed by atoms with Gasteiger partial charge in [0.05, 0.1) is 24.3 Å². The van der Waals surface area contributed by atoms with E-state index >= 15 is 0 Å². The Kier molecular flexibility index (Phi) is 4.12. The van der Waals surface area contributed by atoms with E-state index in [0.29, 0.717) is 18.7 Å². The van der Waals surface area contributed by atoms with Crippen LogP contribution in [0.4, 0.5) is 0 Å². The van der Waals surface area contributed by atoms with Crippen LogP contribution in [-0.2, 0) is 13.6 Å². The maximum atomic E-state index is 12.9. The summed E-state index contributed by atoms with van der Waals surface area (Å²) < 4.78 is 7.56. The Labute approximate surface area is 151 Å². The van der Waals surface area contributed by atoms with Crippen molar-refractivity contribution in [3.05, 3.63) is 60.4 Å². The smallest absolute Gasteiger partial charge is 0.257 e. The summed E-state index contributed by atoms with van der Waals surface area (Å²) in [6, 6.07) is 5.93. The molecule has 2 aromatic heterocycles. The predicted octanol–water partition coefficient (Wildman–Crippen LogP) is 2.30. The molecular weight excluding hydrogens is 330 g/mol. The summed E-state index contributed by atoms with van der Waals surface area (Å²) in [5.41, 5.74) is 3.47. The van der Waals surface area contributed by atoms with Crippen molar-refractivity contribution in [2.75, 3.05) is 6.61 Å². The first-order valence-electron chi connectivity index (χ1n) is 8.42. The molecule has 1 aromatic carbocycles. The first-order chi connectivity index (χ1) is 12.6. The van der Waals surface area contributed by atoms with Crippen LogP contribution in [0.2, 0.25) is 0 Å². The Hall–Kier alpha value is -3.22. The molecule has 1 amide bonds. The Balaban J connectivity index is 1.67. The first kappa shape index (κ1) is 16.3. The summed E-state index contributed by atoms with van der Waals surface area (Å²) in [5.74, 6) is 0.759. The highest BCUT2D eigenvalue weighted by molar-refractivity contribution is 5.94. The number of nitrogens with zero attached hydrogens (tertiary/aromatic N) is 5. The van der Waals surface area contributed by atoms with Gasteiger partial charge in [-0.3, -0.25) is 9.48 Å². The van der Waals surface area contributed by atoms with Crippen molar-refractivity contribution in [2.45, 2.75) is 19.5 Å². The number of amides is 1. The van der Waals surface area contributed by atoms with E-state index in [4.69, 9.17) is 4.74 Å². The zero-order valence-electron chi connectivity index (χ0n) is 14.7. The van der Waals surface area contributed by atoms with E-state index in [-0.39, 0.29) is 11.9 Å². The van der Waals surface area contributed by atoms with Gasteiger partial charge in [0, 0.05) is 36.8 Å². The first-order valence-corrected chi connectivity index (χ1v) is 8.42. The van der Waals surface area contributed by atoms with Crippen LogP contribution in [0.3, 0.4) is 0 Å².